The van der Waals surface area contributed by atoms with Gasteiger partial charge >= 0.3 is 76.9 Å². The van der Waals surface area contributed by atoms with Crippen LogP contribution in [0.2, 0.25) is 22.2 Å². The second kappa shape index (κ2) is 1.71. The van der Waals surface area contributed by atoms with Crippen LogP contribution in [-0.4, -0.2) is 0 Å². The molecule has 0 aliphatic heterocycles. The van der Waals surface area contributed by atoms with E-state index in [2.05, 4.69) is 12.2 Å². The summed E-state index contributed by atoms with van der Waals surface area (Å²) in [5, 5.41) is 0. The van der Waals surface area contributed by atoms with Gasteiger partial charge in [0.25, 0.3) is 0 Å². The van der Waals surface area contributed by atoms with Gasteiger partial charge in [-0.1, -0.05) is 0 Å². The summed E-state index contributed by atoms with van der Waals surface area (Å²) in [6, 6.07) is 0. The fraction of sp³-hybridized carbons (Fsp3) is 0.556. The van der Waals surface area contributed by atoms with E-state index in [0.29, 0.717) is 0 Å². The molecule has 0 atom stereocenters. The third kappa shape index (κ3) is 2.72. The Labute approximate surface area is 76.3 Å². The van der Waals surface area contributed by atoms with Gasteiger partial charge in [-0.05, 0) is 0 Å². The average Bonchev–Trinajstić information content (AvgIpc) is 1.99. The van der Waals surface area contributed by atoms with Crippen molar-refractivity contribution in [1.82, 2.24) is 0 Å². The van der Waals surface area contributed by atoms with E-state index in [-0.39, 0.29) is 3.63 Å². The van der Waals surface area contributed by atoms with Crippen molar-refractivity contribution in [3.8, 4) is 0 Å². The minimum absolute atomic E-state index is 0.213. The van der Waals surface area contributed by atoms with Crippen LogP contribution < -0.4 is 0 Å². The van der Waals surface area contributed by atoms with Crippen molar-refractivity contribution < 1.29 is 13.4 Å². The van der Waals surface area contributed by atoms with Gasteiger partial charge in [0.2, 0.25) is 0 Å². The van der Waals surface area contributed by atoms with Crippen molar-refractivity contribution in [2.45, 2.75) is 22.2 Å². The predicted octanol–water partition coefficient (Wildman–Crippen LogP) is 5.16. The molecule has 0 bridgehead atoms. The second-order valence-electron chi connectivity index (χ2n) is 7.25. The van der Waals surface area contributed by atoms with Crippen molar-refractivity contribution in [3.63, 3.8) is 0 Å². The zero-order chi connectivity index (χ0) is 9.78. The van der Waals surface area contributed by atoms with E-state index in [1.807, 2.05) is 30.7 Å². The minimum atomic E-state index is -4.36. The maximum absolute atomic E-state index is 6.76. The standard InChI is InChI=1S/C5H5.4CH3.2ClH.Zr/c1-2-4-5-3-1;;;;;;;/h1-5H;4*1H3;2*1H;/q;;;;;;;+2/p-2. The molecule has 0 fully saturated rings. The topological polar surface area (TPSA) is 0 Å². The molecule has 3 heteroatoms. The summed E-state index contributed by atoms with van der Waals surface area (Å²) in [6.07, 6.45) is 8.23. The zero-order valence-electron chi connectivity index (χ0n) is 8.14. The second-order valence-corrected chi connectivity index (χ2v) is 62.0. The Morgan fingerprint density at radius 1 is 0.917 bits per heavy atom. The number of allylic oxidation sites excluding steroid dienone is 4. The predicted molar refractivity (Wildman–Crippen MR) is 57.2 cm³/mol. The Morgan fingerprint density at radius 3 is 1.42 bits per heavy atom. The first kappa shape index (κ1) is 11.0. The molecular formula is C9H17Cl2Zr. The molecular weight excluding hydrogens is 270 g/mol. The summed E-state index contributed by atoms with van der Waals surface area (Å²) in [6.45, 7) is 0. The van der Waals surface area contributed by atoms with Crippen LogP contribution >= 0.6 is 17.0 Å². The van der Waals surface area contributed by atoms with E-state index in [4.69, 9.17) is 17.0 Å². The molecule has 0 aromatic heterocycles. The Bertz CT molecular complexity index is 264. The van der Waals surface area contributed by atoms with Gasteiger partial charge in [0.1, 0.15) is 0 Å². The van der Waals surface area contributed by atoms with Crippen LogP contribution in [0.25, 0.3) is 0 Å². The molecule has 1 aliphatic carbocycles. The summed E-state index contributed by atoms with van der Waals surface area (Å²) >= 11 is -4.36. The van der Waals surface area contributed by atoms with Crippen LogP contribution in [0, 0.1) is 0 Å². The third-order valence-electron chi connectivity index (χ3n) is 2.33. The first-order chi connectivity index (χ1) is 4.80. The maximum atomic E-state index is 6.76. The molecule has 0 saturated carbocycles. The van der Waals surface area contributed by atoms with Crippen LogP contribution in [0.15, 0.2) is 24.3 Å². The number of hydrogen-bond donors (Lipinski definition) is 0. The molecule has 0 heterocycles. The average molecular weight is 287 g/mol. The Kier molecular flexibility index (Phi) is 1.57. The Balaban J connectivity index is 3.35. The van der Waals surface area contributed by atoms with Crippen molar-refractivity contribution in [3.05, 3.63) is 24.3 Å². The van der Waals surface area contributed by atoms with Crippen molar-refractivity contribution in [2.24, 2.45) is 0 Å². The van der Waals surface area contributed by atoms with Crippen LogP contribution in [0.4, 0.5) is 0 Å². The number of rotatable bonds is 1. The van der Waals surface area contributed by atoms with Gasteiger partial charge in [-0.15, -0.1) is 0 Å². The first-order valence-electron chi connectivity index (χ1n) is 4.33. The van der Waals surface area contributed by atoms with Gasteiger partial charge in [0.05, 0.1) is 0 Å². The van der Waals surface area contributed by atoms with E-state index < -0.39 is 13.4 Å². The molecule has 0 N–H and O–H groups in total. The van der Waals surface area contributed by atoms with E-state index in [0.717, 1.165) is 0 Å². The van der Waals surface area contributed by atoms with Crippen LogP contribution in [0.3, 0.4) is 0 Å². The summed E-state index contributed by atoms with van der Waals surface area (Å²) < 4.78 is 8.40. The molecule has 0 spiro atoms. The quantitative estimate of drug-likeness (QED) is 0.624. The van der Waals surface area contributed by atoms with Crippen molar-refractivity contribution in [2.75, 3.05) is 0 Å². The van der Waals surface area contributed by atoms with Crippen molar-refractivity contribution in [1.29, 1.82) is 0 Å². The van der Waals surface area contributed by atoms with E-state index in [1.54, 1.807) is 0 Å². The Hall–Kier alpha value is 0.943. The molecule has 0 nitrogen and oxygen atoms in total. The van der Waals surface area contributed by atoms with Crippen molar-refractivity contribution >= 4 is 17.0 Å². The molecule has 0 unspecified atom stereocenters. The van der Waals surface area contributed by atoms with E-state index in [9.17, 15) is 0 Å². The number of hydrogen-bond acceptors (Lipinski definition) is 0. The van der Waals surface area contributed by atoms with E-state index in [1.165, 1.54) is 0 Å². The SMILES string of the molecule is [CH3][Zr]([CH3])([CH3])([CH3])([Cl])([Cl])[CH]1C=CC=C1. The van der Waals surface area contributed by atoms with Crippen LogP contribution in [-0.2, 0) is 13.4 Å². The third-order valence-corrected chi connectivity index (χ3v) is 14.1. The fourth-order valence-corrected chi connectivity index (χ4v) is 8.11. The number of halogens is 2. The first-order valence-corrected chi connectivity index (χ1v) is 21.9. The van der Waals surface area contributed by atoms with Crippen LogP contribution in [0.5, 0.6) is 0 Å². The van der Waals surface area contributed by atoms with Gasteiger partial charge in [0, 0.05) is 0 Å². The Morgan fingerprint density at radius 2 is 1.25 bits per heavy atom. The molecule has 0 aromatic rings. The molecule has 1 aliphatic rings. The molecule has 0 saturated heterocycles. The summed E-state index contributed by atoms with van der Waals surface area (Å²) in [7, 11) is 13.5. The fourth-order valence-electron chi connectivity index (χ4n) is 1.35. The summed E-state index contributed by atoms with van der Waals surface area (Å²) in [5.74, 6) is 0. The summed E-state index contributed by atoms with van der Waals surface area (Å²) in [5.41, 5.74) is 0. The van der Waals surface area contributed by atoms with Gasteiger partial charge in [0.15, 0.2) is 0 Å². The van der Waals surface area contributed by atoms with Gasteiger partial charge in [-0.2, -0.15) is 0 Å². The molecule has 12 heavy (non-hydrogen) atoms. The molecule has 0 amide bonds. The molecule has 1 rings (SSSR count). The normalized spacial score (nSPS) is 27.7. The zero-order valence-corrected chi connectivity index (χ0v) is 12.1. The molecule has 0 aromatic carbocycles. The van der Waals surface area contributed by atoms with Gasteiger partial charge in [-0.25, -0.2) is 0 Å². The van der Waals surface area contributed by atoms with Crippen LogP contribution in [0.1, 0.15) is 0 Å². The van der Waals surface area contributed by atoms with Gasteiger partial charge in [-0.3, -0.25) is 0 Å². The van der Waals surface area contributed by atoms with Gasteiger partial charge < -0.3 is 0 Å². The van der Waals surface area contributed by atoms with E-state index >= 15 is 0 Å². The molecule has 71 valence electrons. The monoisotopic (exact) mass is 285 g/mol. The molecule has 0 radical (unpaired) electrons. The summed E-state index contributed by atoms with van der Waals surface area (Å²) in [4.78, 5) is 0.